The second-order valence-electron chi connectivity index (χ2n) is 7.68. The Morgan fingerprint density at radius 3 is 1.61 bits per heavy atom. The van der Waals surface area contributed by atoms with Crippen LogP contribution >= 0.6 is 0 Å². The summed E-state index contributed by atoms with van der Waals surface area (Å²) in [7, 11) is 0. The van der Waals surface area contributed by atoms with Crippen LogP contribution in [-0.4, -0.2) is 9.97 Å². The zero-order chi connectivity index (χ0) is 22.5. The summed E-state index contributed by atoms with van der Waals surface area (Å²) in [5.41, 5.74) is 3.23. The van der Waals surface area contributed by atoms with E-state index in [1.165, 1.54) is 0 Å². The molecule has 0 radical (unpaired) electrons. The van der Waals surface area contributed by atoms with Gasteiger partial charge in [-0.3, -0.25) is 0 Å². The van der Waals surface area contributed by atoms with Gasteiger partial charge >= 0.3 is 0 Å². The van der Waals surface area contributed by atoms with Crippen molar-refractivity contribution in [2.45, 2.75) is 5.41 Å². The molecule has 5 rings (SSSR count). The lowest BCUT2D eigenvalue weighted by atomic mass is 9.69. The summed E-state index contributed by atoms with van der Waals surface area (Å²) in [4.78, 5) is 8.24. The number of nitrogens with zero attached hydrogens (tertiary/aromatic N) is 2. The van der Waals surface area contributed by atoms with Crippen molar-refractivity contribution in [2.24, 2.45) is 0 Å². The maximum atomic E-state index is 9.03. The molecular formula is C29H21N3O. The molecule has 0 bridgehead atoms. The molecule has 4 heteroatoms. The van der Waals surface area contributed by atoms with Crippen molar-refractivity contribution in [3.63, 3.8) is 0 Å². The summed E-state index contributed by atoms with van der Waals surface area (Å²) >= 11 is 0. The second kappa shape index (κ2) is 8.86. The molecule has 0 saturated carbocycles. The highest BCUT2D eigenvalue weighted by Crippen LogP contribution is 2.44. The molecule has 158 valence electrons. The number of ether oxygens (including phenoxy) is 1. The SMILES string of the molecule is N#Cc1ccc(Oc2cnc(C(c3ccccc3)(c3ccccc3)c3ccccc3)[nH]2)cc1. The van der Waals surface area contributed by atoms with Gasteiger partial charge in [-0.15, -0.1) is 0 Å². The average Bonchev–Trinajstić information content (AvgIpc) is 3.35. The Kier molecular flexibility index (Phi) is 5.45. The molecule has 1 N–H and O–H groups in total. The highest BCUT2D eigenvalue weighted by atomic mass is 16.5. The molecule has 0 atom stereocenters. The van der Waals surface area contributed by atoms with Crippen LogP contribution < -0.4 is 4.74 Å². The van der Waals surface area contributed by atoms with E-state index in [2.05, 4.69) is 47.5 Å². The molecule has 1 aromatic heterocycles. The van der Waals surface area contributed by atoms with Crippen molar-refractivity contribution in [2.75, 3.05) is 0 Å². The third kappa shape index (κ3) is 3.77. The number of hydrogen-bond acceptors (Lipinski definition) is 3. The van der Waals surface area contributed by atoms with Gasteiger partial charge in [0.2, 0.25) is 5.88 Å². The molecule has 0 saturated heterocycles. The first-order valence-corrected chi connectivity index (χ1v) is 10.7. The molecule has 0 aliphatic heterocycles. The van der Waals surface area contributed by atoms with E-state index in [4.69, 9.17) is 15.0 Å². The quantitative estimate of drug-likeness (QED) is 0.317. The Bertz CT molecular complexity index is 1270. The van der Waals surface area contributed by atoms with Gasteiger partial charge < -0.3 is 9.72 Å². The van der Waals surface area contributed by atoms with Crippen LogP contribution in [0, 0.1) is 11.3 Å². The number of aromatic amines is 1. The van der Waals surface area contributed by atoms with Crippen LogP contribution in [0.1, 0.15) is 28.1 Å². The Morgan fingerprint density at radius 2 is 1.15 bits per heavy atom. The molecule has 4 aromatic carbocycles. The van der Waals surface area contributed by atoms with Gasteiger partial charge in [0.05, 0.1) is 17.8 Å². The van der Waals surface area contributed by atoms with Gasteiger partial charge in [0.25, 0.3) is 0 Å². The van der Waals surface area contributed by atoms with Crippen molar-refractivity contribution in [3.8, 4) is 17.7 Å². The topological polar surface area (TPSA) is 61.7 Å². The first kappa shape index (κ1) is 20.3. The Labute approximate surface area is 192 Å². The maximum Gasteiger partial charge on any atom is 0.217 e. The van der Waals surface area contributed by atoms with Crippen LogP contribution in [0.15, 0.2) is 121 Å². The summed E-state index contributed by atoms with van der Waals surface area (Å²) in [6.45, 7) is 0. The van der Waals surface area contributed by atoms with Crippen molar-refractivity contribution >= 4 is 0 Å². The highest BCUT2D eigenvalue weighted by Gasteiger charge is 2.41. The monoisotopic (exact) mass is 427 g/mol. The van der Waals surface area contributed by atoms with Crippen LogP contribution in [0.4, 0.5) is 0 Å². The number of nitrogens with one attached hydrogen (secondary N) is 1. The van der Waals surface area contributed by atoms with Crippen molar-refractivity contribution < 1.29 is 4.74 Å². The number of benzene rings is 4. The first-order chi connectivity index (χ1) is 16.3. The van der Waals surface area contributed by atoms with Crippen LogP contribution in [-0.2, 0) is 5.41 Å². The lowest BCUT2D eigenvalue weighted by Crippen LogP contribution is -2.32. The van der Waals surface area contributed by atoms with E-state index in [1.54, 1.807) is 30.5 Å². The largest absolute Gasteiger partial charge is 0.439 e. The van der Waals surface area contributed by atoms with Gasteiger partial charge in [-0.1, -0.05) is 91.0 Å². The summed E-state index contributed by atoms with van der Waals surface area (Å²) in [6, 6.07) is 40.3. The number of hydrogen-bond donors (Lipinski definition) is 1. The highest BCUT2D eigenvalue weighted by molar-refractivity contribution is 5.56. The number of aromatic nitrogens is 2. The Hall–Kier alpha value is -4.62. The molecule has 0 amide bonds. The third-order valence-corrected chi connectivity index (χ3v) is 5.74. The first-order valence-electron chi connectivity index (χ1n) is 10.7. The van der Waals surface area contributed by atoms with Gasteiger partial charge in [-0.25, -0.2) is 4.98 Å². The lowest BCUT2D eigenvalue weighted by Gasteiger charge is -2.34. The van der Waals surface area contributed by atoms with Gasteiger partial charge in [-0.2, -0.15) is 5.26 Å². The van der Waals surface area contributed by atoms with E-state index in [9.17, 15) is 0 Å². The predicted octanol–water partition coefficient (Wildman–Crippen LogP) is 6.46. The van der Waals surface area contributed by atoms with Gasteiger partial charge in [-0.05, 0) is 41.0 Å². The van der Waals surface area contributed by atoms with E-state index in [-0.39, 0.29) is 0 Å². The van der Waals surface area contributed by atoms with E-state index >= 15 is 0 Å². The van der Waals surface area contributed by atoms with Gasteiger partial charge in [0, 0.05) is 0 Å². The Morgan fingerprint density at radius 1 is 0.667 bits per heavy atom. The molecule has 5 aromatic rings. The zero-order valence-corrected chi connectivity index (χ0v) is 17.8. The van der Waals surface area contributed by atoms with Crippen LogP contribution in [0.3, 0.4) is 0 Å². The van der Waals surface area contributed by atoms with Gasteiger partial charge in [0.1, 0.15) is 17.0 Å². The van der Waals surface area contributed by atoms with Gasteiger partial charge in [0.15, 0.2) is 0 Å². The van der Waals surface area contributed by atoms with E-state index in [0.717, 1.165) is 22.5 Å². The van der Waals surface area contributed by atoms with E-state index in [1.807, 2.05) is 54.6 Å². The lowest BCUT2D eigenvalue weighted by molar-refractivity contribution is 0.463. The minimum atomic E-state index is -0.657. The fourth-order valence-electron chi connectivity index (χ4n) is 4.25. The molecule has 0 unspecified atom stereocenters. The molecule has 0 aliphatic carbocycles. The van der Waals surface area contributed by atoms with E-state index < -0.39 is 5.41 Å². The minimum Gasteiger partial charge on any atom is -0.439 e. The van der Waals surface area contributed by atoms with Crippen LogP contribution in [0.25, 0.3) is 0 Å². The van der Waals surface area contributed by atoms with Crippen molar-refractivity contribution in [1.82, 2.24) is 9.97 Å². The molecule has 4 nitrogen and oxygen atoms in total. The van der Waals surface area contributed by atoms with Crippen LogP contribution in [0.5, 0.6) is 11.6 Å². The summed E-state index contributed by atoms with van der Waals surface area (Å²) < 4.78 is 6.03. The third-order valence-electron chi connectivity index (χ3n) is 5.74. The number of nitriles is 1. The summed E-state index contributed by atoms with van der Waals surface area (Å²) in [6.07, 6.45) is 1.71. The normalized spacial score (nSPS) is 11.0. The molecule has 1 heterocycles. The summed E-state index contributed by atoms with van der Waals surface area (Å²) in [5, 5.41) is 9.03. The van der Waals surface area contributed by atoms with Crippen LogP contribution in [0.2, 0.25) is 0 Å². The smallest absolute Gasteiger partial charge is 0.217 e. The minimum absolute atomic E-state index is 0.530. The molecular weight excluding hydrogens is 406 g/mol. The fraction of sp³-hybridized carbons (Fsp3) is 0.0345. The predicted molar refractivity (Wildman–Crippen MR) is 128 cm³/mol. The molecule has 0 aliphatic rings. The molecule has 0 spiro atoms. The zero-order valence-electron chi connectivity index (χ0n) is 17.8. The Balaban J connectivity index is 1.68. The fourth-order valence-corrected chi connectivity index (χ4v) is 4.25. The average molecular weight is 428 g/mol. The summed E-state index contributed by atoms with van der Waals surface area (Å²) in [5.74, 6) is 1.92. The standard InChI is InChI=1S/C29H21N3O/c30-20-22-16-18-26(19-17-22)33-27-21-31-28(32-27)29(23-10-4-1-5-11-23,24-12-6-2-7-13-24)25-14-8-3-9-15-25/h1-19,21H,(H,31,32). The molecule has 0 fully saturated rings. The molecule has 33 heavy (non-hydrogen) atoms. The maximum absolute atomic E-state index is 9.03. The number of rotatable bonds is 6. The van der Waals surface area contributed by atoms with Crippen molar-refractivity contribution in [3.05, 3.63) is 150 Å². The second-order valence-corrected chi connectivity index (χ2v) is 7.68. The van der Waals surface area contributed by atoms with Crippen molar-refractivity contribution in [1.29, 1.82) is 5.26 Å². The number of imidazole rings is 1. The number of H-pyrrole nitrogens is 1. The van der Waals surface area contributed by atoms with E-state index in [0.29, 0.717) is 17.2 Å².